The first-order chi connectivity index (χ1) is 15.7. The lowest BCUT2D eigenvalue weighted by Gasteiger charge is -2.44. The van der Waals surface area contributed by atoms with Crippen molar-refractivity contribution >= 4 is 50.9 Å². The minimum Gasteiger partial charge on any atom is -0.497 e. The molecule has 5 rings (SSSR count). The van der Waals surface area contributed by atoms with E-state index in [1.165, 1.54) is 50.9 Å². The van der Waals surface area contributed by atoms with Gasteiger partial charge in [0.1, 0.15) is 5.75 Å². The number of methoxy groups -OCH3 is 1. The molecule has 0 unspecified atom stereocenters. The predicted octanol–water partition coefficient (Wildman–Crippen LogP) is 6.46. The summed E-state index contributed by atoms with van der Waals surface area (Å²) in [7, 11) is 1.71. The molecule has 0 spiro atoms. The topological polar surface area (TPSA) is 37.4 Å². The van der Waals surface area contributed by atoms with Crippen molar-refractivity contribution in [2.75, 3.05) is 43.6 Å². The highest BCUT2D eigenvalue weighted by atomic mass is 35.5. The van der Waals surface area contributed by atoms with Crippen LogP contribution in [0.4, 0.5) is 5.69 Å². The molecule has 0 bridgehead atoms. The summed E-state index contributed by atoms with van der Waals surface area (Å²) >= 11 is 8.36. The number of thioether (sulfide) groups is 1. The van der Waals surface area contributed by atoms with Gasteiger partial charge in [0, 0.05) is 34.1 Å². The smallest absolute Gasteiger partial charge is 0.119 e. The molecule has 3 heterocycles. The van der Waals surface area contributed by atoms with E-state index in [-0.39, 0.29) is 0 Å². The number of fused-ring (bicyclic) bond motifs is 3. The summed E-state index contributed by atoms with van der Waals surface area (Å²) in [6, 6.07) is 12.8. The lowest BCUT2D eigenvalue weighted by molar-refractivity contribution is 0.0693. The fourth-order valence-electron chi connectivity index (χ4n) is 5.47. The summed E-state index contributed by atoms with van der Waals surface area (Å²) in [4.78, 5) is 7.60. The standard InChI is InChI=1S/C26H32ClN3OS/c1-31-20-8-10-23-22(16-20)26(21-9-7-19(27)15-24(21)29-23)28-11-14-32-17-18-5-4-13-30-12-3-2-6-25(18)30/h7-10,15-16,18,25H,2-6,11-14,17H2,1H3,(H,28,29)/t18-,25+/m0/s1. The van der Waals surface area contributed by atoms with Crippen LogP contribution in [0.15, 0.2) is 36.4 Å². The van der Waals surface area contributed by atoms with Crippen molar-refractivity contribution in [3.63, 3.8) is 0 Å². The quantitative estimate of drug-likeness (QED) is 0.317. The highest BCUT2D eigenvalue weighted by Gasteiger charge is 2.32. The Morgan fingerprint density at radius 3 is 2.88 bits per heavy atom. The molecule has 3 aromatic rings. The van der Waals surface area contributed by atoms with E-state index in [0.717, 1.165) is 57.5 Å². The number of piperidine rings is 2. The minimum atomic E-state index is 0.712. The van der Waals surface area contributed by atoms with Gasteiger partial charge in [-0.3, -0.25) is 0 Å². The minimum absolute atomic E-state index is 0.712. The van der Waals surface area contributed by atoms with Crippen molar-refractivity contribution in [2.24, 2.45) is 5.92 Å². The maximum atomic E-state index is 6.25. The second-order valence-corrected chi connectivity index (χ2v) is 10.6. The van der Waals surface area contributed by atoms with Crippen LogP contribution in [0, 0.1) is 5.92 Å². The van der Waals surface area contributed by atoms with E-state index in [1.54, 1.807) is 7.11 Å². The molecule has 1 aromatic heterocycles. The van der Waals surface area contributed by atoms with E-state index in [4.69, 9.17) is 21.3 Å². The van der Waals surface area contributed by atoms with Crippen molar-refractivity contribution < 1.29 is 4.74 Å². The molecular weight excluding hydrogens is 438 g/mol. The number of hydrogen-bond donors (Lipinski definition) is 1. The number of hydrogen-bond acceptors (Lipinski definition) is 5. The zero-order valence-electron chi connectivity index (χ0n) is 18.8. The van der Waals surface area contributed by atoms with Crippen molar-refractivity contribution in [1.29, 1.82) is 0 Å². The second-order valence-electron chi connectivity index (χ2n) is 9.03. The van der Waals surface area contributed by atoms with Crippen molar-refractivity contribution in [3.8, 4) is 5.75 Å². The fraction of sp³-hybridized carbons (Fsp3) is 0.500. The highest BCUT2D eigenvalue weighted by Crippen LogP contribution is 2.35. The first kappa shape index (κ1) is 22.1. The molecular formula is C26H32ClN3OS. The molecule has 4 nitrogen and oxygen atoms in total. The number of pyridine rings is 1. The Kier molecular flexibility index (Phi) is 6.96. The highest BCUT2D eigenvalue weighted by molar-refractivity contribution is 7.99. The monoisotopic (exact) mass is 469 g/mol. The molecule has 0 aliphatic carbocycles. The van der Waals surface area contributed by atoms with Crippen LogP contribution < -0.4 is 10.1 Å². The number of aromatic nitrogens is 1. The number of rotatable bonds is 7. The van der Waals surface area contributed by atoms with E-state index in [0.29, 0.717) is 5.02 Å². The van der Waals surface area contributed by atoms with Gasteiger partial charge < -0.3 is 15.0 Å². The molecule has 2 aliphatic heterocycles. The molecule has 2 aliphatic rings. The Morgan fingerprint density at radius 2 is 1.97 bits per heavy atom. The van der Waals surface area contributed by atoms with E-state index in [1.807, 2.05) is 24.3 Å². The Hall–Kier alpha value is -1.69. The molecule has 2 saturated heterocycles. The van der Waals surface area contributed by atoms with E-state index >= 15 is 0 Å². The van der Waals surface area contributed by atoms with Gasteiger partial charge >= 0.3 is 0 Å². The van der Waals surface area contributed by atoms with E-state index in [9.17, 15) is 0 Å². The molecule has 0 radical (unpaired) electrons. The number of halogens is 1. The Balaban J connectivity index is 1.28. The maximum absolute atomic E-state index is 6.25. The summed E-state index contributed by atoms with van der Waals surface area (Å²) in [5.41, 5.74) is 3.00. The molecule has 6 heteroatoms. The van der Waals surface area contributed by atoms with E-state index < -0.39 is 0 Å². The molecule has 2 fully saturated rings. The van der Waals surface area contributed by atoms with Gasteiger partial charge in [-0.05, 0) is 86.8 Å². The number of benzene rings is 2. The van der Waals surface area contributed by atoms with Gasteiger partial charge in [-0.1, -0.05) is 18.0 Å². The summed E-state index contributed by atoms with van der Waals surface area (Å²) in [6.45, 7) is 3.58. The fourth-order valence-corrected chi connectivity index (χ4v) is 6.74. The van der Waals surface area contributed by atoms with Gasteiger partial charge in [0.2, 0.25) is 0 Å². The van der Waals surface area contributed by atoms with Crippen LogP contribution in [0.25, 0.3) is 21.8 Å². The summed E-state index contributed by atoms with van der Waals surface area (Å²) in [6.07, 6.45) is 6.99. The van der Waals surface area contributed by atoms with Crippen LogP contribution in [-0.2, 0) is 0 Å². The van der Waals surface area contributed by atoms with Crippen LogP contribution in [0.5, 0.6) is 5.75 Å². The average molecular weight is 470 g/mol. The van der Waals surface area contributed by atoms with Gasteiger partial charge in [0.05, 0.1) is 23.8 Å². The van der Waals surface area contributed by atoms with Crippen LogP contribution in [0.1, 0.15) is 32.1 Å². The van der Waals surface area contributed by atoms with Gasteiger partial charge in [-0.15, -0.1) is 0 Å². The summed E-state index contributed by atoms with van der Waals surface area (Å²) in [5, 5.41) is 6.63. The summed E-state index contributed by atoms with van der Waals surface area (Å²) < 4.78 is 5.48. The van der Waals surface area contributed by atoms with E-state index in [2.05, 4.69) is 34.1 Å². The lowest BCUT2D eigenvalue weighted by atomic mass is 9.85. The zero-order valence-corrected chi connectivity index (χ0v) is 20.4. The van der Waals surface area contributed by atoms with Gasteiger partial charge in [-0.2, -0.15) is 11.8 Å². The molecule has 2 aromatic carbocycles. The van der Waals surface area contributed by atoms with Crippen molar-refractivity contribution in [1.82, 2.24) is 9.88 Å². The number of nitrogens with zero attached hydrogens (tertiary/aromatic N) is 2. The Labute approximate surface area is 200 Å². The molecule has 2 atom stereocenters. The lowest BCUT2D eigenvalue weighted by Crippen LogP contribution is -2.48. The molecule has 170 valence electrons. The third-order valence-corrected chi connectivity index (χ3v) is 8.44. The van der Waals surface area contributed by atoms with Crippen LogP contribution in [-0.4, -0.2) is 54.2 Å². The van der Waals surface area contributed by atoms with Crippen LogP contribution in [0.3, 0.4) is 0 Å². The predicted molar refractivity (Wildman–Crippen MR) is 139 cm³/mol. The Morgan fingerprint density at radius 1 is 1.06 bits per heavy atom. The van der Waals surface area contributed by atoms with Gasteiger partial charge in [0.25, 0.3) is 0 Å². The van der Waals surface area contributed by atoms with Gasteiger partial charge in [0.15, 0.2) is 0 Å². The molecule has 32 heavy (non-hydrogen) atoms. The Bertz CT molecular complexity index is 1090. The van der Waals surface area contributed by atoms with Crippen molar-refractivity contribution in [2.45, 2.75) is 38.1 Å². The molecule has 1 N–H and O–H groups in total. The number of anilines is 1. The third kappa shape index (κ3) is 4.66. The first-order valence-corrected chi connectivity index (χ1v) is 13.4. The summed E-state index contributed by atoms with van der Waals surface area (Å²) in [5.74, 6) is 4.10. The number of nitrogens with one attached hydrogen (secondary N) is 1. The first-order valence-electron chi connectivity index (χ1n) is 11.9. The molecule has 0 amide bonds. The average Bonchev–Trinajstić information content (AvgIpc) is 2.83. The maximum Gasteiger partial charge on any atom is 0.119 e. The van der Waals surface area contributed by atoms with Crippen molar-refractivity contribution in [3.05, 3.63) is 41.4 Å². The largest absolute Gasteiger partial charge is 0.497 e. The molecule has 0 saturated carbocycles. The normalized spacial score (nSPS) is 21.6. The third-order valence-electron chi connectivity index (χ3n) is 7.05. The van der Waals surface area contributed by atoms with Crippen LogP contribution in [0.2, 0.25) is 5.02 Å². The zero-order chi connectivity index (χ0) is 21.9. The number of ether oxygens (including phenoxy) is 1. The van der Waals surface area contributed by atoms with Gasteiger partial charge in [-0.25, -0.2) is 4.98 Å². The van der Waals surface area contributed by atoms with Crippen LogP contribution >= 0.6 is 23.4 Å². The second kappa shape index (κ2) is 10.1. The SMILES string of the molecule is COc1ccc2nc3cc(Cl)ccc3c(NCCSC[C@@H]3CCCN4CCCC[C@H]34)c2c1.